The summed E-state index contributed by atoms with van der Waals surface area (Å²) in [4.78, 5) is 90.6. The van der Waals surface area contributed by atoms with Crippen LogP contribution in [-0.4, -0.2) is 188 Å². The van der Waals surface area contributed by atoms with Gasteiger partial charge in [-0.25, -0.2) is 9.79 Å². The zero-order valence-corrected chi connectivity index (χ0v) is 40.6. The zero-order chi connectivity index (χ0) is 52.5. The second-order valence-electron chi connectivity index (χ2n) is 18.5. The van der Waals surface area contributed by atoms with Gasteiger partial charge in [0.25, 0.3) is 0 Å². The van der Waals surface area contributed by atoms with E-state index in [1.54, 1.807) is 0 Å². The summed E-state index contributed by atoms with van der Waals surface area (Å²) in [5.74, 6) is -1.82. The number of hydrogen-bond donors (Lipinski definition) is 18. The van der Waals surface area contributed by atoms with E-state index in [0.29, 0.717) is 84.0 Å². The van der Waals surface area contributed by atoms with Gasteiger partial charge in [0, 0.05) is 95.0 Å². The smallest absolute Gasteiger partial charge is 0.404 e. The van der Waals surface area contributed by atoms with Crippen LogP contribution in [0.2, 0.25) is 0 Å². The summed E-state index contributed by atoms with van der Waals surface area (Å²) in [6, 6.07) is -5.13. The van der Waals surface area contributed by atoms with Crippen LogP contribution >= 0.6 is 0 Å². The summed E-state index contributed by atoms with van der Waals surface area (Å²) < 4.78 is 10.9. The van der Waals surface area contributed by atoms with Crippen LogP contribution in [0.3, 0.4) is 0 Å². The molecule has 0 saturated carbocycles. The molecule has 7 amide bonds. The molecule has 0 unspecified atom stereocenters. The minimum atomic E-state index is -1.65. The van der Waals surface area contributed by atoms with Gasteiger partial charge in [-0.05, 0) is 70.8 Å². The minimum Gasteiger partial charge on any atom is -0.441 e. The fraction of sp³-hybridized carbons (Fsp3) is 0.814. The fourth-order valence-corrected chi connectivity index (χ4v) is 8.32. The third kappa shape index (κ3) is 22.9. The molecule has 0 aromatic rings. The quantitative estimate of drug-likeness (QED) is 0.0272. The first-order valence-electron chi connectivity index (χ1n) is 24.6. The maximum absolute atomic E-state index is 13.2. The van der Waals surface area contributed by atoms with Crippen molar-refractivity contribution in [1.29, 1.82) is 0 Å². The Labute approximate surface area is 413 Å². The van der Waals surface area contributed by atoms with Gasteiger partial charge < -0.3 is 107 Å². The van der Waals surface area contributed by atoms with E-state index in [0.717, 1.165) is 6.42 Å². The molecule has 3 aliphatic rings. The van der Waals surface area contributed by atoms with Crippen LogP contribution in [0.1, 0.15) is 96.3 Å². The first-order valence-corrected chi connectivity index (χ1v) is 24.6. The molecule has 0 bridgehead atoms. The fourth-order valence-electron chi connectivity index (χ4n) is 8.32. The van der Waals surface area contributed by atoms with Crippen molar-refractivity contribution in [2.24, 2.45) is 45.1 Å². The number of fused-ring (bicyclic) bond motifs is 1. The van der Waals surface area contributed by atoms with Crippen molar-refractivity contribution in [3.8, 4) is 0 Å². The second kappa shape index (κ2) is 32.1. The average Bonchev–Trinajstić information content (AvgIpc) is 3.74. The van der Waals surface area contributed by atoms with Crippen molar-refractivity contribution >= 4 is 47.5 Å². The van der Waals surface area contributed by atoms with Crippen LogP contribution in [0.5, 0.6) is 0 Å². The zero-order valence-electron chi connectivity index (χ0n) is 40.6. The Bertz CT molecular complexity index is 1740. The molecule has 0 aliphatic carbocycles. The molecule has 13 atom stereocenters. The first-order chi connectivity index (χ1) is 33.8. The van der Waals surface area contributed by atoms with Gasteiger partial charge in [0.1, 0.15) is 18.2 Å². The van der Waals surface area contributed by atoms with Gasteiger partial charge in [0.2, 0.25) is 35.4 Å². The van der Waals surface area contributed by atoms with Crippen molar-refractivity contribution in [1.82, 2.24) is 42.5 Å². The Balaban J connectivity index is 1.24. The third-order valence-electron chi connectivity index (χ3n) is 12.2. The standard InChI is InChI=1S/C43H82N16O12/c44-11-1-6-23(45)16-30(62)51-12-2-7-24(46)17-31(63)52-13-3-8-25(47)18-32(64)53-14-4-9-26(48)19-33(65)54-15-5-10-27(49)20-34(66)56-37-38(67)39(71-42(50)69)29(22-60)70-41(37)59-43-57-35-28(61)21-55-40(68)36(35)58-43/h23-29,35-39,41,60-61,67H,1-22,44-49H2,(H2,50,69)(H,51,62)(H,52,63)(H,53,64)(H,54,65)(H,55,68)(H,56,66)(H2,57,58,59)/t23-,24-,25-,26-,27-,28-,29+,35-,36-,37+,38-,39-,41+/m0/s1. The lowest BCUT2D eigenvalue weighted by Crippen LogP contribution is -2.70. The van der Waals surface area contributed by atoms with Crippen LogP contribution in [0.25, 0.3) is 0 Å². The first kappa shape index (κ1) is 60.3. The van der Waals surface area contributed by atoms with Gasteiger partial charge in [-0.2, -0.15) is 0 Å². The molecular weight excluding hydrogens is 933 g/mol. The number of nitrogens with zero attached hydrogens (tertiary/aromatic N) is 1. The SMILES string of the molecule is NCCC[C@H](N)CC(=O)NCCC[C@H](N)CC(=O)NCCC[C@H](N)CC(=O)NCCC[C@H](N)CC(=O)NCCC[C@H](N)CC(=O)N[C@@H]1[C@H](O)[C@@H](OC(N)=O)[C@@H](CO)O[C@H]1NC1=N[C@@H]2C(=O)NC[C@H](O)[C@@H]2N1. The largest absolute Gasteiger partial charge is 0.441 e. The summed E-state index contributed by atoms with van der Waals surface area (Å²) in [6.07, 6.45) is -2.02. The highest BCUT2D eigenvalue weighted by Crippen LogP contribution is 2.24. The van der Waals surface area contributed by atoms with Crippen molar-refractivity contribution in [2.45, 2.75) is 175 Å². The number of nitrogens with two attached hydrogens (primary N) is 7. The van der Waals surface area contributed by atoms with E-state index in [1.165, 1.54) is 0 Å². The predicted octanol–water partition coefficient (Wildman–Crippen LogP) is -7.30. The molecule has 0 radical (unpaired) electrons. The van der Waals surface area contributed by atoms with Crippen molar-refractivity contribution in [3.05, 3.63) is 0 Å². The number of ether oxygens (including phenoxy) is 2. The summed E-state index contributed by atoms with van der Waals surface area (Å²) in [6.45, 7) is 1.29. The van der Waals surface area contributed by atoms with Crippen LogP contribution in [0.4, 0.5) is 4.79 Å². The number of β-amino-alcohol motifs (C(OH)–C–C–N with tert-alkyl or cyclic N) is 1. The molecule has 0 aromatic heterocycles. The lowest BCUT2D eigenvalue weighted by Gasteiger charge is -2.44. The third-order valence-corrected chi connectivity index (χ3v) is 12.2. The molecular formula is C43H82N16O12. The van der Waals surface area contributed by atoms with E-state index in [9.17, 15) is 48.9 Å². The Kier molecular flexibility index (Phi) is 27.3. The molecule has 2 fully saturated rings. The van der Waals surface area contributed by atoms with Gasteiger partial charge in [0.05, 0.1) is 18.8 Å². The van der Waals surface area contributed by atoms with Crippen LogP contribution in [0, 0.1) is 0 Å². The Morgan fingerprint density at radius 1 is 0.690 bits per heavy atom. The average molecular weight is 1020 g/mol. The van der Waals surface area contributed by atoms with Crippen LogP contribution < -0.4 is 82.7 Å². The van der Waals surface area contributed by atoms with E-state index in [-0.39, 0.29) is 86.9 Å². The van der Waals surface area contributed by atoms with E-state index >= 15 is 0 Å². The lowest BCUT2D eigenvalue weighted by atomic mass is 9.95. The minimum absolute atomic E-state index is 0.00440. The Hall–Kier alpha value is -5.04. The van der Waals surface area contributed by atoms with Crippen molar-refractivity contribution in [2.75, 3.05) is 45.9 Å². The molecule has 3 aliphatic heterocycles. The molecule has 25 N–H and O–H groups in total. The number of carbonyl (C=O) groups excluding carboxylic acids is 7. The van der Waals surface area contributed by atoms with Gasteiger partial charge in [-0.15, -0.1) is 0 Å². The predicted molar refractivity (Wildman–Crippen MR) is 259 cm³/mol. The summed E-state index contributed by atoms with van der Waals surface area (Å²) in [5.41, 5.74) is 41.2. The highest BCUT2D eigenvalue weighted by molar-refractivity contribution is 5.93. The number of hydrogen-bond acceptors (Lipinski definition) is 21. The molecule has 3 heterocycles. The van der Waals surface area contributed by atoms with E-state index in [4.69, 9.17) is 49.6 Å². The molecule has 28 heteroatoms. The molecule has 71 heavy (non-hydrogen) atoms. The molecule has 0 spiro atoms. The Morgan fingerprint density at radius 3 is 1.51 bits per heavy atom. The van der Waals surface area contributed by atoms with Crippen LogP contribution in [0.15, 0.2) is 4.99 Å². The molecule has 3 rings (SSSR count). The van der Waals surface area contributed by atoms with Crippen LogP contribution in [-0.2, 0) is 38.2 Å². The number of nitrogens with one attached hydrogen (secondary N) is 8. The van der Waals surface area contributed by atoms with Gasteiger partial charge >= 0.3 is 6.09 Å². The highest BCUT2D eigenvalue weighted by atomic mass is 16.6. The van der Waals surface area contributed by atoms with Gasteiger partial charge in [-0.1, -0.05) is 0 Å². The lowest BCUT2D eigenvalue weighted by molar-refractivity contribution is -0.198. The highest BCUT2D eigenvalue weighted by Gasteiger charge is 2.49. The van der Waals surface area contributed by atoms with Gasteiger partial charge in [0.15, 0.2) is 24.3 Å². The normalized spacial score (nSPS) is 24.8. The second-order valence-corrected chi connectivity index (χ2v) is 18.5. The Morgan fingerprint density at radius 2 is 1.11 bits per heavy atom. The van der Waals surface area contributed by atoms with Crippen molar-refractivity contribution in [3.63, 3.8) is 0 Å². The van der Waals surface area contributed by atoms with E-state index < -0.39 is 91.4 Å². The molecule has 0 aromatic carbocycles. The van der Waals surface area contributed by atoms with E-state index in [1.807, 2.05) is 0 Å². The van der Waals surface area contributed by atoms with E-state index in [2.05, 4.69) is 47.5 Å². The summed E-state index contributed by atoms with van der Waals surface area (Å²) >= 11 is 0. The number of guanidine groups is 1. The number of carbonyl (C=O) groups is 7. The number of amides is 7. The molecule has 28 nitrogen and oxygen atoms in total. The number of aliphatic hydroxyl groups excluding tert-OH is 3. The maximum Gasteiger partial charge on any atom is 0.404 e. The van der Waals surface area contributed by atoms with Gasteiger partial charge in [-0.3, -0.25) is 28.8 Å². The van der Waals surface area contributed by atoms with Crippen molar-refractivity contribution < 1.29 is 58.4 Å². The maximum atomic E-state index is 13.2. The summed E-state index contributed by atoms with van der Waals surface area (Å²) in [5, 5.41) is 53.7. The molecule has 406 valence electrons. The molecule has 2 saturated heterocycles. The number of aliphatic imine (C=N–C) groups is 1. The number of rotatable bonds is 33. The summed E-state index contributed by atoms with van der Waals surface area (Å²) in [7, 11) is 0. The number of primary amides is 1. The monoisotopic (exact) mass is 1010 g/mol. The topological polar surface area (TPSA) is 489 Å². The number of aliphatic hydroxyl groups is 3. The number of piperidine rings is 1.